The monoisotopic (exact) mass is 912 g/mol. The van der Waals surface area contributed by atoms with Gasteiger partial charge in [-0.05, 0) is 136 Å². The normalized spacial score (nSPS) is 20.8. The number of hydrogen-bond donors (Lipinski definition) is 0. The summed E-state index contributed by atoms with van der Waals surface area (Å²) in [5.41, 5.74) is 20.6. The first kappa shape index (κ1) is 42.6. The van der Waals surface area contributed by atoms with Crippen molar-refractivity contribution >= 4 is 21.5 Å². The van der Waals surface area contributed by atoms with Gasteiger partial charge in [-0.3, -0.25) is 0 Å². The van der Waals surface area contributed by atoms with Crippen LogP contribution in [0, 0.1) is 17.8 Å². The van der Waals surface area contributed by atoms with Crippen molar-refractivity contribution in [1.29, 1.82) is 0 Å². The molecule has 0 saturated heterocycles. The van der Waals surface area contributed by atoms with Crippen molar-refractivity contribution < 1.29 is 0 Å². The molecule has 5 unspecified atom stereocenters. The summed E-state index contributed by atoms with van der Waals surface area (Å²) in [6, 6.07) is 87.0. The van der Waals surface area contributed by atoms with E-state index in [1.54, 1.807) is 0 Å². The largest absolute Gasteiger partial charge is 0.0622 e. The standard InChI is InChI=1S/C71H60/c1-4-19-47(20-5-1)52-26-18-27-53(43-52)69-64-45-55(38-40-60(64)63-42-37-50-24-12-13-31-59(50)70(63)69)68(54-36-35-48-21-10-11-25-51(48)44-54)56-39-41-62-61-32-15-17-34-66(61)71(67(62)46-56,57-28-8-3-9-29-57)65-33-16-14-30-58(65)49-22-6-2-7-23-49/h1,3-5,8-13,15,17-21,24-29,31-32,34-46,49,58,65,68-69H,2,6-7,14,16,22-23,30,33H2. The van der Waals surface area contributed by atoms with Crippen LogP contribution in [0.4, 0.5) is 0 Å². The third-order valence-corrected chi connectivity index (χ3v) is 18.0. The van der Waals surface area contributed by atoms with Gasteiger partial charge in [-0.1, -0.05) is 269 Å². The Labute approximate surface area is 420 Å². The first-order chi connectivity index (χ1) is 35.2. The molecule has 0 amide bonds. The average molecular weight is 913 g/mol. The smallest absolute Gasteiger partial charge is 0.0494 e. The maximum absolute atomic E-state index is 2.73. The average Bonchev–Trinajstić information content (AvgIpc) is 3.95. The quantitative estimate of drug-likeness (QED) is 0.133. The first-order valence-electron chi connectivity index (χ1n) is 26.8. The maximum atomic E-state index is 2.73. The Hall–Kier alpha value is -7.28. The summed E-state index contributed by atoms with van der Waals surface area (Å²) in [6.07, 6.45) is 12.2. The molecule has 0 aliphatic heterocycles. The third-order valence-electron chi connectivity index (χ3n) is 18.0. The highest BCUT2D eigenvalue weighted by atomic mass is 14.6. The van der Waals surface area contributed by atoms with E-state index in [4.69, 9.17) is 0 Å². The van der Waals surface area contributed by atoms with Gasteiger partial charge in [0.25, 0.3) is 0 Å². The van der Waals surface area contributed by atoms with Crippen LogP contribution >= 0.6 is 0 Å². The van der Waals surface area contributed by atoms with Crippen molar-refractivity contribution in [3.63, 3.8) is 0 Å². The van der Waals surface area contributed by atoms with Crippen LogP contribution in [0.3, 0.4) is 0 Å². The lowest BCUT2D eigenvalue weighted by atomic mass is 9.53. The molecule has 71 heavy (non-hydrogen) atoms. The lowest BCUT2D eigenvalue weighted by molar-refractivity contribution is 0.0953. The Morgan fingerprint density at radius 3 is 1.86 bits per heavy atom. The molecule has 0 N–H and O–H groups in total. The van der Waals surface area contributed by atoms with Crippen molar-refractivity contribution in [2.75, 3.05) is 0 Å². The summed E-state index contributed by atoms with van der Waals surface area (Å²) in [5, 5.41) is 5.20. The van der Waals surface area contributed by atoms with Gasteiger partial charge in [-0.2, -0.15) is 0 Å². The van der Waals surface area contributed by atoms with E-state index in [9.17, 15) is 0 Å². The zero-order valence-electron chi connectivity index (χ0n) is 40.6. The number of fused-ring (bicyclic) bond motifs is 9. The second-order valence-electron chi connectivity index (χ2n) is 21.5. The lowest BCUT2D eigenvalue weighted by Gasteiger charge is -2.49. The molecule has 2 fully saturated rings. The lowest BCUT2D eigenvalue weighted by Crippen LogP contribution is -2.44. The van der Waals surface area contributed by atoms with E-state index in [-0.39, 0.29) is 17.3 Å². The fraction of sp³-hybridized carbons (Fsp3) is 0.211. The summed E-state index contributed by atoms with van der Waals surface area (Å²) < 4.78 is 0. The molecule has 5 atom stereocenters. The van der Waals surface area contributed by atoms with Crippen LogP contribution in [0.1, 0.15) is 120 Å². The van der Waals surface area contributed by atoms with Gasteiger partial charge in [-0.25, -0.2) is 0 Å². The molecule has 4 aliphatic carbocycles. The highest BCUT2D eigenvalue weighted by Crippen LogP contribution is 2.63. The molecule has 10 aromatic rings. The van der Waals surface area contributed by atoms with Crippen molar-refractivity contribution in [3.8, 4) is 33.4 Å². The van der Waals surface area contributed by atoms with Gasteiger partial charge in [0, 0.05) is 17.3 Å². The van der Waals surface area contributed by atoms with E-state index in [0.717, 1.165) is 5.92 Å². The Morgan fingerprint density at radius 1 is 0.380 bits per heavy atom. The van der Waals surface area contributed by atoms with E-state index in [1.807, 2.05) is 0 Å². The minimum atomic E-state index is -0.241. The van der Waals surface area contributed by atoms with E-state index in [2.05, 4.69) is 224 Å². The number of hydrogen-bond acceptors (Lipinski definition) is 0. The van der Waals surface area contributed by atoms with E-state index in [0.29, 0.717) is 11.8 Å². The molecule has 4 aliphatic rings. The third kappa shape index (κ3) is 6.93. The molecule has 0 bridgehead atoms. The molecule has 0 nitrogen and oxygen atoms in total. The Balaban J connectivity index is 0.998. The highest BCUT2D eigenvalue weighted by molar-refractivity contribution is 5.97. The molecule has 0 radical (unpaired) electrons. The maximum Gasteiger partial charge on any atom is 0.0494 e. The second kappa shape index (κ2) is 17.5. The van der Waals surface area contributed by atoms with Gasteiger partial charge in [0.1, 0.15) is 0 Å². The molecule has 0 heteroatoms. The Kier molecular flexibility index (Phi) is 10.5. The van der Waals surface area contributed by atoms with Crippen molar-refractivity contribution in [1.82, 2.24) is 0 Å². The Morgan fingerprint density at radius 2 is 1.00 bits per heavy atom. The van der Waals surface area contributed by atoms with E-state index in [1.165, 1.54) is 163 Å². The summed E-state index contributed by atoms with van der Waals surface area (Å²) in [6.45, 7) is 0. The molecule has 10 aromatic carbocycles. The zero-order chi connectivity index (χ0) is 46.9. The van der Waals surface area contributed by atoms with Crippen LogP contribution in [0.2, 0.25) is 0 Å². The number of rotatable bonds is 8. The van der Waals surface area contributed by atoms with E-state index < -0.39 is 0 Å². The van der Waals surface area contributed by atoms with Gasteiger partial charge in [0.05, 0.1) is 0 Å². The predicted molar refractivity (Wildman–Crippen MR) is 297 cm³/mol. The fourth-order valence-corrected chi connectivity index (χ4v) is 15.0. The summed E-state index contributed by atoms with van der Waals surface area (Å²) >= 11 is 0. The Bertz CT molecular complexity index is 3610. The van der Waals surface area contributed by atoms with Crippen molar-refractivity contribution in [2.24, 2.45) is 17.8 Å². The zero-order valence-corrected chi connectivity index (χ0v) is 40.6. The van der Waals surface area contributed by atoms with E-state index >= 15 is 0 Å². The first-order valence-corrected chi connectivity index (χ1v) is 26.8. The van der Waals surface area contributed by atoms with Gasteiger partial charge in [0.15, 0.2) is 0 Å². The fourth-order valence-electron chi connectivity index (χ4n) is 15.0. The highest BCUT2D eigenvalue weighted by Gasteiger charge is 2.54. The van der Waals surface area contributed by atoms with Gasteiger partial charge < -0.3 is 0 Å². The molecule has 0 heterocycles. The molecule has 0 spiro atoms. The van der Waals surface area contributed by atoms with Gasteiger partial charge in [0.2, 0.25) is 0 Å². The molecular formula is C71H60. The second-order valence-corrected chi connectivity index (χ2v) is 21.5. The minimum absolute atomic E-state index is 0.00430. The van der Waals surface area contributed by atoms with Crippen molar-refractivity contribution in [3.05, 3.63) is 275 Å². The van der Waals surface area contributed by atoms with Crippen molar-refractivity contribution in [2.45, 2.75) is 75.0 Å². The molecule has 344 valence electrons. The summed E-state index contributed by atoms with van der Waals surface area (Å²) in [7, 11) is 0. The van der Waals surface area contributed by atoms with Crippen LogP contribution in [0.15, 0.2) is 224 Å². The molecular weight excluding hydrogens is 853 g/mol. The SMILES string of the molecule is c1ccc(-c2cccc(C3c4cc(C(c5ccc6c(c5)C(c5ccccc5)(C5CCCCC5C5CCCCC5)c5ccccc5-6)c5ccc6ccccc6c5)ccc4-c4ccc5ccccc5c43)c2)cc1. The van der Waals surface area contributed by atoms with Crippen LogP contribution in [-0.4, -0.2) is 0 Å². The van der Waals surface area contributed by atoms with Crippen LogP contribution in [0.25, 0.3) is 54.9 Å². The predicted octanol–water partition coefficient (Wildman–Crippen LogP) is 18.7. The summed E-state index contributed by atoms with van der Waals surface area (Å²) in [5.74, 6) is 2.11. The molecule has 0 aromatic heterocycles. The molecule has 2 saturated carbocycles. The number of benzene rings is 10. The van der Waals surface area contributed by atoms with Gasteiger partial charge >= 0.3 is 0 Å². The topological polar surface area (TPSA) is 0 Å². The summed E-state index contributed by atoms with van der Waals surface area (Å²) in [4.78, 5) is 0. The molecule has 14 rings (SSSR count). The van der Waals surface area contributed by atoms with Gasteiger partial charge in [-0.15, -0.1) is 0 Å². The van der Waals surface area contributed by atoms with Crippen LogP contribution in [-0.2, 0) is 5.41 Å². The van der Waals surface area contributed by atoms with Crippen LogP contribution in [0.5, 0.6) is 0 Å². The van der Waals surface area contributed by atoms with Crippen LogP contribution < -0.4 is 0 Å². The minimum Gasteiger partial charge on any atom is -0.0622 e.